The van der Waals surface area contributed by atoms with Crippen LogP contribution < -0.4 is 9.47 Å². The number of carbonyl (C=O) groups is 1. The van der Waals surface area contributed by atoms with Crippen LogP contribution in [0.2, 0.25) is 0 Å². The minimum Gasteiger partial charge on any atom is -0.486 e. The summed E-state index contributed by atoms with van der Waals surface area (Å²) in [7, 11) is 4.00. The van der Waals surface area contributed by atoms with Gasteiger partial charge in [-0.1, -0.05) is 6.42 Å². The van der Waals surface area contributed by atoms with Crippen LogP contribution in [-0.2, 0) is 0 Å². The van der Waals surface area contributed by atoms with Gasteiger partial charge in [0.05, 0.1) is 0 Å². The number of amides is 1. The van der Waals surface area contributed by atoms with Gasteiger partial charge in [0, 0.05) is 25.2 Å². The number of hydrogen-bond donors (Lipinski definition) is 0. The molecule has 1 fully saturated rings. The van der Waals surface area contributed by atoms with E-state index >= 15 is 0 Å². The molecule has 0 N–H and O–H groups in total. The first kappa shape index (κ1) is 18.8. The van der Waals surface area contributed by atoms with Crippen LogP contribution in [0.3, 0.4) is 0 Å². The third kappa shape index (κ3) is 3.85. The van der Waals surface area contributed by atoms with Crippen LogP contribution in [0.5, 0.6) is 11.5 Å². The van der Waals surface area contributed by atoms with Gasteiger partial charge >= 0.3 is 0 Å². The zero-order chi connectivity index (χ0) is 19.5. The molecule has 0 unspecified atom stereocenters. The molecule has 7 nitrogen and oxygen atoms in total. The van der Waals surface area contributed by atoms with Gasteiger partial charge in [0.1, 0.15) is 13.2 Å². The largest absolute Gasteiger partial charge is 0.486 e. The van der Waals surface area contributed by atoms with Crippen molar-refractivity contribution in [1.82, 2.24) is 14.8 Å². The van der Waals surface area contributed by atoms with E-state index in [1.807, 2.05) is 25.2 Å². The van der Waals surface area contributed by atoms with Gasteiger partial charge in [0.2, 0.25) is 0 Å². The zero-order valence-corrected chi connectivity index (χ0v) is 16.5. The fraction of sp³-hybridized carbons (Fsp3) is 0.524. The van der Waals surface area contributed by atoms with Crippen molar-refractivity contribution in [3.8, 4) is 22.8 Å². The predicted octanol–water partition coefficient (Wildman–Crippen LogP) is 3.06. The molecule has 1 aromatic heterocycles. The lowest BCUT2D eigenvalue weighted by Gasteiger charge is -2.33. The van der Waals surface area contributed by atoms with Crippen LogP contribution in [0.25, 0.3) is 11.3 Å². The lowest BCUT2D eigenvalue weighted by atomic mass is 10.00. The summed E-state index contributed by atoms with van der Waals surface area (Å²) in [4.78, 5) is 21.3. The molecular weight excluding hydrogens is 358 g/mol. The first-order valence-electron chi connectivity index (χ1n) is 9.92. The molecule has 0 spiro atoms. The molecule has 0 radical (unpaired) electrons. The van der Waals surface area contributed by atoms with Gasteiger partial charge in [0.25, 0.3) is 5.91 Å². The Morgan fingerprint density at radius 1 is 1.25 bits per heavy atom. The SMILES string of the molecule is CN(CC[C@@H]1CCCCN1C)C(=O)c1ncoc1-c1ccc2c(c1)OCCO2. The highest BCUT2D eigenvalue weighted by atomic mass is 16.6. The third-order valence-corrected chi connectivity index (χ3v) is 5.64. The van der Waals surface area contributed by atoms with Crippen molar-refractivity contribution in [1.29, 1.82) is 0 Å². The standard InChI is InChI=1S/C21H27N3O4/c1-23-9-4-3-5-16(23)8-10-24(2)21(25)19-20(28-14-22-19)15-6-7-17-18(13-15)27-12-11-26-17/h6-7,13-14,16H,3-5,8-12H2,1-2H3/t16-/m0/s1. The van der Waals surface area contributed by atoms with E-state index in [4.69, 9.17) is 13.9 Å². The third-order valence-electron chi connectivity index (χ3n) is 5.64. The van der Waals surface area contributed by atoms with Crippen molar-refractivity contribution < 1.29 is 18.7 Å². The molecule has 0 saturated carbocycles. The predicted molar refractivity (Wildman–Crippen MR) is 105 cm³/mol. The molecule has 0 bridgehead atoms. The van der Waals surface area contributed by atoms with Gasteiger partial charge in [-0.25, -0.2) is 4.98 Å². The smallest absolute Gasteiger partial charge is 0.276 e. The van der Waals surface area contributed by atoms with E-state index in [2.05, 4.69) is 16.9 Å². The first-order chi connectivity index (χ1) is 13.6. The highest BCUT2D eigenvalue weighted by Gasteiger charge is 2.25. The van der Waals surface area contributed by atoms with E-state index in [1.54, 1.807) is 4.90 Å². The summed E-state index contributed by atoms with van der Waals surface area (Å²) >= 11 is 0. The number of fused-ring (bicyclic) bond motifs is 1. The number of hydrogen-bond acceptors (Lipinski definition) is 6. The summed E-state index contributed by atoms with van der Waals surface area (Å²) in [6, 6.07) is 6.08. The highest BCUT2D eigenvalue weighted by Crippen LogP contribution is 2.35. The van der Waals surface area contributed by atoms with E-state index in [0.717, 1.165) is 18.5 Å². The lowest BCUT2D eigenvalue weighted by Crippen LogP contribution is -2.39. The van der Waals surface area contributed by atoms with Crippen LogP contribution in [0.4, 0.5) is 0 Å². The Bertz CT molecular complexity index is 835. The minimum absolute atomic E-state index is 0.128. The first-order valence-corrected chi connectivity index (χ1v) is 9.92. The second-order valence-electron chi connectivity index (χ2n) is 7.53. The van der Waals surface area contributed by atoms with Crippen molar-refractivity contribution in [3.05, 3.63) is 30.3 Å². The van der Waals surface area contributed by atoms with Crippen LogP contribution >= 0.6 is 0 Å². The maximum Gasteiger partial charge on any atom is 0.276 e. The highest BCUT2D eigenvalue weighted by molar-refractivity contribution is 5.97. The number of piperidine rings is 1. The maximum atomic E-state index is 13.0. The van der Waals surface area contributed by atoms with Crippen LogP contribution in [0, 0.1) is 0 Å². The van der Waals surface area contributed by atoms with Crippen molar-refractivity contribution in [3.63, 3.8) is 0 Å². The van der Waals surface area contributed by atoms with Gasteiger partial charge in [-0.15, -0.1) is 0 Å². The second-order valence-corrected chi connectivity index (χ2v) is 7.53. The number of likely N-dealkylation sites (tertiary alicyclic amines) is 1. The summed E-state index contributed by atoms with van der Waals surface area (Å²) < 4.78 is 16.8. The second kappa shape index (κ2) is 8.22. The zero-order valence-electron chi connectivity index (χ0n) is 16.5. The number of oxazole rings is 1. The Hall–Kier alpha value is -2.54. The molecule has 7 heteroatoms. The minimum atomic E-state index is -0.128. The van der Waals surface area contributed by atoms with Crippen LogP contribution in [0.1, 0.15) is 36.2 Å². The van der Waals surface area contributed by atoms with E-state index < -0.39 is 0 Å². The van der Waals surface area contributed by atoms with Gasteiger partial charge < -0.3 is 23.7 Å². The number of benzene rings is 1. The molecule has 1 saturated heterocycles. The Morgan fingerprint density at radius 3 is 2.89 bits per heavy atom. The summed E-state index contributed by atoms with van der Waals surface area (Å²) in [5.74, 6) is 1.70. The Kier molecular flexibility index (Phi) is 5.52. The normalized spacial score (nSPS) is 19.4. The Labute approximate surface area is 165 Å². The lowest BCUT2D eigenvalue weighted by molar-refractivity contribution is 0.0766. The molecule has 2 aromatic rings. The molecule has 1 atom stereocenters. The molecule has 2 aliphatic heterocycles. The van der Waals surface area contributed by atoms with Gasteiger partial charge in [-0.2, -0.15) is 0 Å². The van der Waals surface area contributed by atoms with Crippen molar-refractivity contribution >= 4 is 5.91 Å². The van der Waals surface area contributed by atoms with E-state index in [1.165, 1.54) is 25.7 Å². The molecule has 28 heavy (non-hydrogen) atoms. The summed E-state index contributed by atoms with van der Waals surface area (Å²) in [5, 5.41) is 0. The topological polar surface area (TPSA) is 68.0 Å². The molecule has 150 valence electrons. The quantitative estimate of drug-likeness (QED) is 0.788. The summed E-state index contributed by atoms with van der Waals surface area (Å²) in [6.07, 6.45) is 6.02. The van der Waals surface area contributed by atoms with Crippen molar-refractivity contribution in [2.24, 2.45) is 0 Å². The Morgan fingerprint density at radius 2 is 2.07 bits per heavy atom. The number of aromatic nitrogens is 1. The summed E-state index contributed by atoms with van der Waals surface area (Å²) in [6.45, 7) is 2.89. The number of nitrogens with zero attached hydrogens (tertiary/aromatic N) is 3. The van der Waals surface area contributed by atoms with Gasteiger partial charge in [0.15, 0.2) is 29.3 Å². The number of ether oxygens (including phenoxy) is 2. The number of rotatable bonds is 5. The fourth-order valence-corrected chi connectivity index (χ4v) is 3.92. The van der Waals surface area contributed by atoms with E-state index in [-0.39, 0.29) is 5.91 Å². The molecule has 4 rings (SSSR count). The Balaban J connectivity index is 1.46. The van der Waals surface area contributed by atoms with Gasteiger partial charge in [-0.3, -0.25) is 4.79 Å². The van der Waals surface area contributed by atoms with Gasteiger partial charge in [-0.05, 0) is 51.1 Å². The number of carbonyl (C=O) groups excluding carboxylic acids is 1. The maximum absolute atomic E-state index is 13.0. The van der Waals surface area contributed by atoms with Crippen molar-refractivity contribution in [2.45, 2.75) is 31.7 Å². The summed E-state index contributed by atoms with van der Waals surface area (Å²) in [5.41, 5.74) is 1.08. The fourth-order valence-electron chi connectivity index (χ4n) is 3.92. The molecule has 1 aromatic carbocycles. The van der Waals surface area contributed by atoms with Crippen LogP contribution in [-0.4, -0.2) is 67.1 Å². The molecule has 3 heterocycles. The van der Waals surface area contributed by atoms with E-state index in [9.17, 15) is 4.79 Å². The molecule has 2 aliphatic rings. The monoisotopic (exact) mass is 385 g/mol. The molecule has 1 amide bonds. The van der Waals surface area contributed by atoms with E-state index in [0.29, 0.717) is 48.8 Å². The average molecular weight is 385 g/mol. The van der Waals surface area contributed by atoms with Crippen molar-refractivity contribution in [2.75, 3.05) is 40.4 Å². The average Bonchev–Trinajstić information content (AvgIpc) is 3.22. The molecular formula is C21H27N3O4. The van der Waals surface area contributed by atoms with Crippen LogP contribution in [0.15, 0.2) is 29.0 Å². The molecule has 0 aliphatic carbocycles.